The summed E-state index contributed by atoms with van der Waals surface area (Å²) in [4.78, 5) is 14.7. The second-order valence-corrected chi connectivity index (χ2v) is 3.74. The Bertz CT molecular complexity index is 474. The summed E-state index contributed by atoms with van der Waals surface area (Å²) in [5.74, 6) is -0.00301. The Hall–Kier alpha value is -2.03. The lowest BCUT2D eigenvalue weighted by Crippen LogP contribution is -2.15. The number of hydrogen-bond acceptors (Lipinski definition) is 1. The molecule has 0 saturated heterocycles. The third-order valence-corrected chi connectivity index (χ3v) is 2.43. The highest BCUT2D eigenvalue weighted by atomic mass is 16.1. The third kappa shape index (κ3) is 2.51. The van der Waals surface area contributed by atoms with Crippen LogP contribution in [0.2, 0.25) is 0 Å². The third-order valence-electron chi connectivity index (χ3n) is 2.43. The number of aryl methyl sites for hydroxylation is 1. The van der Waals surface area contributed by atoms with Crippen molar-refractivity contribution in [1.82, 2.24) is 4.98 Å². The van der Waals surface area contributed by atoms with Crippen molar-refractivity contribution in [3.63, 3.8) is 0 Å². The number of hydrogen-bond donors (Lipinski definition) is 2. The molecule has 0 spiro atoms. The fraction of sp³-hybridized carbons (Fsp3) is 0.154. The number of carbonyl (C=O) groups is 1. The number of carbonyl (C=O) groups excluding carboxylic acids is 1. The predicted octanol–water partition coefficient (Wildman–Crippen LogP) is 2.50. The van der Waals surface area contributed by atoms with Crippen LogP contribution < -0.4 is 5.32 Å². The zero-order valence-corrected chi connectivity index (χ0v) is 9.16. The lowest BCUT2D eigenvalue weighted by atomic mass is 10.2. The van der Waals surface area contributed by atoms with Gasteiger partial charge in [-0.15, -0.1) is 0 Å². The van der Waals surface area contributed by atoms with Gasteiger partial charge in [-0.25, -0.2) is 0 Å². The Morgan fingerprint density at radius 3 is 2.75 bits per heavy atom. The van der Waals surface area contributed by atoms with Crippen LogP contribution in [0.15, 0.2) is 42.6 Å². The van der Waals surface area contributed by atoms with Crippen molar-refractivity contribution < 1.29 is 4.79 Å². The van der Waals surface area contributed by atoms with E-state index in [1.807, 2.05) is 49.5 Å². The number of aromatic nitrogens is 1. The molecular weight excluding hydrogens is 200 g/mol. The van der Waals surface area contributed by atoms with Gasteiger partial charge in [0, 0.05) is 17.6 Å². The minimum absolute atomic E-state index is 0.00301. The first-order chi connectivity index (χ1) is 7.75. The van der Waals surface area contributed by atoms with Crippen LogP contribution in [-0.2, 0) is 11.2 Å². The van der Waals surface area contributed by atoms with E-state index in [2.05, 4.69) is 10.3 Å². The number of rotatable bonds is 3. The van der Waals surface area contributed by atoms with Crippen LogP contribution in [0.25, 0.3) is 0 Å². The lowest BCUT2D eigenvalue weighted by molar-refractivity contribution is -0.115. The SMILES string of the molecule is Cc1ccccc1NC(=O)Cc1ccc[nH]1. The summed E-state index contributed by atoms with van der Waals surface area (Å²) >= 11 is 0. The fourth-order valence-electron chi connectivity index (χ4n) is 1.56. The average Bonchev–Trinajstić information content (AvgIpc) is 2.74. The molecule has 2 rings (SSSR count). The van der Waals surface area contributed by atoms with E-state index in [0.29, 0.717) is 6.42 Å². The summed E-state index contributed by atoms with van der Waals surface area (Å²) in [6.07, 6.45) is 2.19. The van der Waals surface area contributed by atoms with E-state index in [-0.39, 0.29) is 5.91 Å². The van der Waals surface area contributed by atoms with Gasteiger partial charge in [-0.05, 0) is 30.7 Å². The second kappa shape index (κ2) is 4.66. The van der Waals surface area contributed by atoms with Gasteiger partial charge in [-0.3, -0.25) is 4.79 Å². The Morgan fingerprint density at radius 1 is 1.25 bits per heavy atom. The van der Waals surface area contributed by atoms with Crippen LogP contribution in [-0.4, -0.2) is 10.9 Å². The van der Waals surface area contributed by atoms with Crippen LogP contribution in [0.4, 0.5) is 5.69 Å². The van der Waals surface area contributed by atoms with Gasteiger partial charge in [0.1, 0.15) is 0 Å². The van der Waals surface area contributed by atoms with Crippen LogP contribution in [0, 0.1) is 6.92 Å². The molecule has 16 heavy (non-hydrogen) atoms. The van der Waals surface area contributed by atoms with Gasteiger partial charge in [0.25, 0.3) is 0 Å². The van der Waals surface area contributed by atoms with Gasteiger partial charge in [0.15, 0.2) is 0 Å². The first-order valence-corrected chi connectivity index (χ1v) is 5.23. The van der Waals surface area contributed by atoms with E-state index < -0.39 is 0 Å². The molecule has 0 bridgehead atoms. The van der Waals surface area contributed by atoms with E-state index in [4.69, 9.17) is 0 Å². The normalized spacial score (nSPS) is 10.1. The van der Waals surface area contributed by atoms with E-state index in [1.165, 1.54) is 0 Å². The highest BCUT2D eigenvalue weighted by Gasteiger charge is 2.05. The minimum atomic E-state index is -0.00301. The molecule has 3 nitrogen and oxygen atoms in total. The van der Waals surface area contributed by atoms with Crippen molar-refractivity contribution in [3.8, 4) is 0 Å². The summed E-state index contributed by atoms with van der Waals surface area (Å²) in [6.45, 7) is 1.98. The first-order valence-electron chi connectivity index (χ1n) is 5.23. The highest BCUT2D eigenvalue weighted by Crippen LogP contribution is 2.13. The smallest absolute Gasteiger partial charge is 0.230 e. The molecule has 1 amide bonds. The van der Waals surface area contributed by atoms with Gasteiger partial charge in [-0.1, -0.05) is 18.2 Å². The molecule has 2 N–H and O–H groups in total. The summed E-state index contributed by atoms with van der Waals surface area (Å²) in [5, 5.41) is 2.89. The number of amides is 1. The predicted molar refractivity (Wildman–Crippen MR) is 64.3 cm³/mol. The maximum absolute atomic E-state index is 11.7. The van der Waals surface area contributed by atoms with Crippen LogP contribution >= 0.6 is 0 Å². The maximum atomic E-state index is 11.7. The van der Waals surface area contributed by atoms with Crippen LogP contribution in [0.3, 0.4) is 0 Å². The van der Waals surface area contributed by atoms with E-state index >= 15 is 0 Å². The maximum Gasteiger partial charge on any atom is 0.230 e. The van der Waals surface area contributed by atoms with Crippen LogP contribution in [0.5, 0.6) is 0 Å². The van der Waals surface area contributed by atoms with Gasteiger partial charge in [-0.2, -0.15) is 0 Å². The largest absolute Gasteiger partial charge is 0.365 e. The zero-order chi connectivity index (χ0) is 11.4. The minimum Gasteiger partial charge on any atom is -0.365 e. The van der Waals surface area contributed by atoms with Gasteiger partial charge in [0.05, 0.1) is 6.42 Å². The summed E-state index contributed by atoms with van der Waals surface area (Å²) in [7, 11) is 0. The van der Waals surface area contributed by atoms with Crippen LogP contribution in [0.1, 0.15) is 11.3 Å². The van der Waals surface area contributed by atoms with E-state index in [1.54, 1.807) is 0 Å². The standard InChI is InChI=1S/C13H14N2O/c1-10-5-2-3-7-12(10)15-13(16)9-11-6-4-8-14-11/h2-8,14H,9H2,1H3,(H,15,16). The molecule has 1 aromatic carbocycles. The molecule has 0 atom stereocenters. The number of nitrogens with one attached hydrogen (secondary N) is 2. The van der Waals surface area contributed by atoms with Crippen molar-refractivity contribution in [2.75, 3.05) is 5.32 Å². The molecule has 0 aliphatic rings. The summed E-state index contributed by atoms with van der Waals surface area (Å²) in [5.41, 5.74) is 2.87. The number of H-pyrrole nitrogens is 1. The van der Waals surface area contributed by atoms with Gasteiger partial charge in [0.2, 0.25) is 5.91 Å². The number of anilines is 1. The molecule has 0 fully saturated rings. The molecule has 0 aliphatic heterocycles. The topological polar surface area (TPSA) is 44.9 Å². The molecule has 1 aromatic heterocycles. The van der Waals surface area contributed by atoms with Gasteiger partial charge >= 0.3 is 0 Å². The highest BCUT2D eigenvalue weighted by molar-refractivity contribution is 5.92. The monoisotopic (exact) mass is 214 g/mol. The summed E-state index contributed by atoms with van der Waals surface area (Å²) < 4.78 is 0. The quantitative estimate of drug-likeness (QED) is 0.810. The van der Waals surface area contributed by atoms with Gasteiger partial charge < -0.3 is 10.3 Å². The second-order valence-electron chi connectivity index (χ2n) is 3.74. The van der Waals surface area contributed by atoms with Crippen molar-refractivity contribution in [1.29, 1.82) is 0 Å². The van der Waals surface area contributed by atoms with Crippen molar-refractivity contribution >= 4 is 11.6 Å². The molecular formula is C13H14N2O. The Morgan fingerprint density at radius 2 is 2.06 bits per heavy atom. The number of benzene rings is 1. The zero-order valence-electron chi connectivity index (χ0n) is 9.16. The number of aromatic amines is 1. The molecule has 1 heterocycles. The molecule has 0 saturated carbocycles. The Labute approximate surface area is 94.5 Å². The molecule has 0 unspecified atom stereocenters. The lowest BCUT2D eigenvalue weighted by Gasteiger charge is -2.07. The fourth-order valence-corrected chi connectivity index (χ4v) is 1.56. The Balaban J connectivity index is 2.00. The Kier molecular flexibility index (Phi) is 3.05. The number of para-hydroxylation sites is 1. The van der Waals surface area contributed by atoms with Crippen molar-refractivity contribution in [3.05, 3.63) is 53.9 Å². The first kappa shape index (κ1) is 10.5. The van der Waals surface area contributed by atoms with Crippen molar-refractivity contribution in [2.24, 2.45) is 0 Å². The average molecular weight is 214 g/mol. The summed E-state index contributed by atoms with van der Waals surface area (Å²) in [6, 6.07) is 11.5. The molecule has 0 radical (unpaired) electrons. The molecule has 2 aromatic rings. The molecule has 82 valence electrons. The molecule has 3 heteroatoms. The van der Waals surface area contributed by atoms with E-state index in [9.17, 15) is 4.79 Å². The van der Waals surface area contributed by atoms with Crippen molar-refractivity contribution in [2.45, 2.75) is 13.3 Å². The molecule has 0 aliphatic carbocycles. The van der Waals surface area contributed by atoms with E-state index in [0.717, 1.165) is 16.9 Å².